The van der Waals surface area contributed by atoms with Gasteiger partial charge in [0.05, 0.1) is 18.2 Å². The molecule has 2 atom stereocenters. The maximum Gasteiger partial charge on any atom is 0.224 e. The highest BCUT2D eigenvalue weighted by Crippen LogP contribution is 2.47. The molecule has 1 saturated heterocycles. The average Bonchev–Trinajstić information content (AvgIpc) is 2.74. The van der Waals surface area contributed by atoms with Gasteiger partial charge in [0, 0.05) is 36.7 Å². The van der Waals surface area contributed by atoms with Crippen molar-refractivity contribution >= 4 is 17.4 Å². The van der Waals surface area contributed by atoms with Crippen molar-refractivity contribution in [3.8, 4) is 6.07 Å². The Bertz CT molecular complexity index is 968. The van der Waals surface area contributed by atoms with Crippen LogP contribution in [0.2, 0.25) is 5.28 Å². The van der Waals surface area contributed by atoms with Crippen molar-refractivity contribution in [1.82, 2.24) is 15.3 Å². The molecule has 29 heavy (non-hydrogen) atoms. The van der Waals surface area contributed by atoms with Gasteiger partial charge in [-0.3, -0.25) is 0 Å². The van der Waals surface area contributed by atoms with E-state index in [2.05, 4.69) is 45.5 Å². The zero-order chi connectivity index (χ0) is 19.8. The van der Waals surface area contributed by atoms with Crippen molar-refractivity contribution in [2.75, 3.05) is 24.5 Å². The van der Waals surface area contributed by atoms with E-state index < -0.39 is 0 Å². The molecule has 150 valence electrons. The molecular weight excluding hydrogens is 382 g/mol. The number of fused-ring (bicyclic) bond motifs is 3. The molecule has 5 nitrogen and oxygen atoms in total. The van der Waals surface area contributed by atoms with Crippen LogP contribution in [-0.2, 0) is 24.7 Å². The number of rotatable bonds is 2. The predicted octanol–water partition coefficient (Wildman–Crippen LogP) is 3.58. The summed E-state index contributed by atoms with van der Waals surface area (Å²) in [5.74, 6) is 0.989. The molecule has 1 aromatic heterocycles. The molecule has 0 saturated carbocycles. The molecule has 0 amide bonds. The first-order chi connectivity index (χ1) is 14.2. The Hall–Kier alpha value is -2.16. The number of hydrogen-bond donors (Lipinski definition) is 1. The highest BCUT2D eigenvalue weighted by molar-refractivity contribution is 6.28. The molecule has 1 aromatic carbocycles. The van der Waals surface area contributed by atoms with Gasteiger partial charge in [0.15, 0.2) is 0 Å². The van der Waals surface area contributed by atoms with Gasteiger partial charge in [0.2, 0.25) is 5.28 Å². The number of aromatic nitrogens is 2. The molecule has 2 aliphatic carbocycles. The zero-order valence-corrected chi connectivity index (χ0v) is 17.4. The van der Waals surface area contributed by atoms with Crippen LogP contribution in [0, 0.1) is 11.3 Å². The second-order valence-corrected chi connectivity index (χ2v) is 9.01. The van der Waals surface area contributed by atoms with Gasteiger partial charge in [-0.05, 0) is 61.3 Å². The Labute approximate surface area is 177 Å². The van der Waals surface area contributed by atoms with E-state index in [-0.39, 0.29) is 11.5 Å². The fourth-order valence-electron chi connectivity index (χ4n) is 5.64. The quantitative estimate of drug-likeness (QED) is 0.771. The van der Waals surface area contributed by atoms with Crippen molar-refractivity contribution in [3.63, 3.8) is 0 Å². The first kappa shape index (κ1) is 18.8. The van der Waals surface area contributed by atoms with Crippen LogP contribution in [-0.4, -0.2) is 35.6 Å². The summed E-state index contributed by atoms with van der Waals surface area (Å²) in [4.78, 5) is 11.7. The minimum Gasteiger partial charge on any atom is -0.353 e. The standard InChI is InChI=1S/C23H26ClN5/c24-22-27-20-14-23(9-3-5-16-4-1-2-6-19(16)23)10-7-18(20)21(28-22)29-13-12-26-17(15-29)8-11-25/h1-2,4,6,17,26H,3,5,7-10,12-15H2/t17-,23?/m1/s1. The van der Waals surface area contributed by atoms with Gasteiger partial charge in [-0.1, -0.05) is 24.3 Å². The van der Waals surface area contributed by atoms with Crippen LogP contribution in [0.1, 0.15) is 48.1 Å². The first-order valence-electron chi connectivity index (χ1n) is 10.7. The van der Waals surface area contributed by atoms with Gasteiger partial charge < -0.3 is 10.2 Å². The van der Waals surface area contributed by atoms with Crippen molar-refractivity contribution in [2.24, 2.45) is 0 Å². The van der Waals surface area contributed by atoms with E-state index in [1.54, 1.807) is 0 Å². The van der Waals surface area contributed by atoms with E-state index in [4.69, 9.17) is 21.8 Å². The van der Waals surface area contributed by atoms with Crippen LogP contribution in [0.5, 0.6) is 0 Å². The number of halogens is 1. The largest absolute Gasteiger partial charge is 0.353 e. The van der Waals surface area contributed by atoms with Crippen LogP contribution in [0.3, 0.4) is 0 Å². The first-order valence-corrected chi connectivity index (χ1v) is 11.1. The van der Waals surface area contributed by atoms with Crippen molar-refractivity contribution in [3.05, 3.63) is 51.9 Å². The van der Waals surface area contributed by atoms with Gasteiger partial charge in [0.25, 0.3) is 0 Å². The Balaban J connectivity index is 1.50. The molecule has 1 fully saturated rings. The molecule has 0 radical (unpaired) electrons. The topological polar surface area (TPSA) is 64.8 Å². The molecule has 5 rings (SSSR count). The van der Waals surface area contributed by atoms with Crippen LogP contribution in [0.4, 0.5) is 5.82 Å². The number of piperazine rings is 1. The lowest BCUT2D eigenvalue weighted by Gasteiger charge is -2.43. The molecule has 3 aliphatic rings. The fourth-order valence-corrected chi connectivity index (χ4v) is 5.82. The Morgan fingerprint density at radius 2 is 2.14 bits per heavy atom. The number of benzene rings is 1. The minimum absolute atomic E-state index is 0.179. The third-order valence-corrected chi connectivity index (χ3v) is 7.15. The van der Waals surface area contributed by atoms with Gasteiger partial charge in [-0.25, -0.2) is 9.97 Å². The van der Waals surface area contributed by atoms with Gasteiger partial charge in [-0.15, -0.1) is 0 Å². The highest BCUT2D eigenvalue weighted by atomic mass is 35.5. The average molecular weight is 408 g/mol. The van der Waals surface area contributed by atoms with Crippen molar-refractivity contribution in [2.45, 2.75) is 56.4 Å². The minimum atomic E-state index is 0.179. The maximum absolute atomic E-state index is 9.08. The molecule has 2 aromatic rings. The summed E-state index contributed by atoms with van der Waals surface area (Å²) in [6.45, 7) is 2.54. The lowest BCUT2D eigenvalue weighted by Crippen LogP contribution is -2.51. The molecule has 1 aliphatic heterocycles. The molecule has 6 heteroatoms. The van der Waals surface area contributed by atoms with E-state index in [9.17, 15) is 0 Å². The lowest BCUT2D eigenvalue weighted by atomic mass is 9.62. The SMILES string of the molecule is N#CC[C@@H]1CN(c2nc(Cl)nc3c2CCC2(CCCc4ccccc42)C3)CCN1. The number of nitrogens with one attached hydrogen (secondary N) is 1. The number of hydrogen-bond acceptors (Lipinski definition) is 5. The van der Waals surface area contributed by atoms with E-state index in [1.165, 1.54) is 36.0 Å². The monoisotopic (exact) mass is 407 g/mol. The van der Waals surface area contributed by atoms with Crippen LogP contribution >= 0.6 is 11.6 Å². The molecule has 0 bridgehead atoms. The predicted molar refractivity (Wildman–Crippen MR) is 114 cm³/mol. The number of nitriles is 1. The molecular formula is C23H26ClN5. The third kappa shape index (κ3) is 3.39. The normalized spacial score (nSPS) is 25.9. The summed E-state index contributed by atoms with van der Waals surface area (Å²) in [6.07, 6.45) is 7.23. The van der Waals surface area contributed by atoms with Crippen LogP contribution in [0.15, 0.2) is 24.3 Å². The Kier molecular flexibility index (Phi) is 4.93. The summed E-state index contributed by atoms with van der Waals surface area (Å²) < 4.78 is 0. The van der Waals surface area contributed by atoms with Crippen molar-refractivity contribution in [1.29, 1.82) is 5.26 Å². The lowest BCUT2D eigenvalue weighted by molar-refractivity contribution is 0.312. The summed E-state index contributed by atoms with van der Waals surface area (Å²) in [7, 11) is 0. The highest BCUT2D eigenvalue weighted by Gasteiger charge is 2.41. The van der Waals surface area contributed by atoms with E-state index >= 15 is 0 Å². The smallest absolute Gasteiger partial charge is 0.224 e. The zero-order valence-electron chi connectivity index (χ0n) is 16.6. The summed E-state index contributed by atoms with van der Waals surface area (Å²) in [6, 6.07) is 11.4. The number of aryl methyl sites for hydroxylation is 1. The Morgan fingerprint density at radius 3 is 3.03 bits per heavy atom. The Morgan fingerprint density at radius 1 is 1.24 bits per heavy atom. The van der Waals surface area contributed by atoms with E-state index in [0.29, 0.717) is 11.7 Å². The van der Waals surface area contributed by atoms with Crippen LogP contribution in [0.25, 0.3) is 0 Å². The molecule has 1 N–H and O–H groups in total. The maximum atomic E-state index is 9.08. The summed E-state index contributed by atoms with van der Waals surface area (Å²) in [5.41, 5.74) is 5.59. The summed E-state index contributed by atoms with van der Waals surface area (Å²) in [5, 5.41) is 12.9. The molecule has 1 unspecified atom stereocenters. The number of anilines is 1. The second-order valence-electron chi connectivity index (χ2n) is 8.67. The van der Waals surface area contributed by atoms with Gasteiger partial charge in [-0.2, -0.15) is 5.26 Å². The number of nitrogens with zero attached hydrogens (tertiary/aromatic N) is 4. The third-order valence-electron chi connectivity index (χ3n) is 6.99. The van der Waals surface area contributed by atoms with Gasteiger partial charge in [0.1, 0.15) is 5.82 Å². The molecule has 1 spiro atoms. The van der Waals surface area contributed by atoms with Crippen LogP contribution < -0.4 is 10.2 Å². The van der Waals surface area contributed by atoms with Gasteiger partial charge >= 0.3 is 0 Å². The van der Waals surface area contributed by atoms with Crippen molar-refractivity contribution < 1.29 is 0 Å². The van der Waals surface area contributed by atoms with E-state index in [0.717, 1.165) is 50.4 Å². The molecule has 2 heterocycles. The second kappa shape index (κ2) is 7.59. The van der Waals surface area contributed by atoms with E-state index in [1.807, 2.05) is 0 Å². The summed E-state index contributed by atoms with van der Waals surface area (Å²) >= 11 is 6.41. The fraction of sp³-hybridized carbons (Fsp3) is 0.522.